The summed E-state index contributed by atoms with van der Waals surface area (Å²) in [5.74, 6) is 3.35. The maximum atomic E-state index is 2.40. The van der Waals surface area contributed by atoms with Crippen LogP contribution in [0, 0.1) is 36.5 Å². The van der Waals surface area contributed by atoms with Gasteiger partial charge in [-0.3, -0.25) is 0 Å². The molecule has 0 aliphatic heterocycles. The Morgan fingerprint density at radius 3 is 0.700 bits per heavy atom. The Morgan fingerprint density at radius 2 is 0.600 bits per heavy atom. The quantitative estimate of drug-likeness (QED) is 0.263. The van der Waals surface area contributed by atoms with Gasteiger partial charge in [0.25, 0.3) is 0 Å². The topological polar surface area (TPSA) is 0 Å². The maximum Gasteiger partial charge on any atom is 0 e. The molecular weight excluding hydrogens is 606 g/mol. The molecule has 0 radical (unpaired) electrons. The van der Waals surface area contributed by atoms with E-state index in [0.29, 0.717) is 0 Å². The van der Waals surface area contributed by atoms with Crippen LogP contribution in [-0.2, 0) is 42.1 Å². The SMILES string of the molecule is CC(C)C[CH-]CC(C)C.CC(C)C[CH-]CC(C)C.[Pt].[Pt]. The fourth-order valence-corrected chi connectivity index (χ4v) is 1.53. The molecule has 0 nitrogen and oxygen atoms in total. The van der Waals surface area contributed by atoms with E-state index in [1.54, 1.807) is 0 Å². The summed E-state index contributed by atoms with van der Waals surface area (Å²) in [4.78, 5) is 0. The van der Waals surface area contributed by atoms with E-state index in [2.05, 4.69) is 68.2 Å². The Hall–Kier alpha value is 1.38. The fraction of sp³-hybridized carbons (Fsp3) is 0.889. The Balaban J connectivity index is -0.000000116. The molecular formula is C18H38Pt2-2. The van der Waals surface area contributed by atoms with E-state index in [0.717, 1.165) is 23.7 Å². The van der Waals surface area contributed by atoms with Crippen molar-refractivity contribution in [3.05, 3.63) is 12.8 Å². The Kier molecular flexibility index (Phi) is 29.9. The van der Waals surface area contributed by atoms with Gasteiger partial charge in [-0.1, -0.05) is 79.1 Å². The predicted molar refractivity (Wildman–Crippen MR) is 86.4 cm³/mol. The number of hydrogen-bond donors (Lipinski definition) is 0. The van der Waals surface area contributed by atoms with Gasteiger partial charge < -0.3 is 12.8 Å². The van der Waals surface area contributed by atoms with Crippen molar-refractivity contribution in [1.82, 2.24) is 0 Å². The van der Waals surface area contributed by atoms with Gasteiger partial charge in [0, 0.05) is 42.1 Å². The van der Waals surface area contributed by atoms with E-state index in [1.807, 2.05) is 0 Å². The van der Waals surface area contributed by atoms with Gasteiger partial charge >= 0.3 is 0 Å². The minimum absolute atomic E-state index is 0. The molecule has 0 heterocycles. The number of hydrogen-bond acceptors (Lipinski definition) is 0. The average molecular weight is 645 g/mol. The van der Waals surface area contributed by atoms with Crippen molar-refractivity contribution in [2.75, 3.05) is 0 Å². The minimum atomic E-state index is 0. The third-order valence-electron chi connectivity index (χ3n) is 2.55. The molecule has 0 aliphatic carbocycles. The third kappa shape index (κ3) is 36.6. The van der Waals surface area contributed by atoms with Gasteiger partial charge in [-0.2, -0.15) is 25.7 Å². The molecule has 132 valence electrons. The van der Waals surface area contributed by atoms with Gasteiger partial charge in [0.2, 0.25) is 0 Å². The second-order valence-electron chi connectivity index (χ2n) is 7.10. The second-order valence-corrected chi connectivity index (χ2v) is 7.10. The van der Waals surface area contributed by atoms with Crippen LogP contribution in [0.2, 0.25) is 0 Å². The van der Waals surface area contributed by atoms with Crippen molar-refractivity contribution in [2.24, 2.45) is 23.7 Å². The molecule has 0 aromatic rings. The summed E-state index contributed by atoms with van der Waals surface area (Å²) in [7, 11) is 0. The van der Waals surface area contributed by atoms with E-state index in [4.69, 9.17) is 0 Å². The van der Waals surface area contributed by atoms with Crippen molar-refractivity contribution in [2.45, 2.75) is 81.1 Å². The zero-order valence-electron chi connectivity index (χ0n) is 14.9. The molecule has 0 unspecified atom stereocenters. The molecule has 2 heteroatoms. The van der Waals surface area contributed by atoms with Crippen molar-refractivity contribution in [1.29, 1.82) is 0 Å². The van der Waals surface area contributed by atoms with Crippen LogP contribution in [0.25, 0.3) is 0 Å². The summed E-state index contributed by atoms with van der Waals surface area (Å²) in [6.45, 7) is 18.1. The molecule has 0 bridgehead atoms. The molecule has 20 heavy (non-hydrogen) atoms. The van der Waals surface area contributed by atoms with Gasteiger partial charge in [-0.05, 0) is 0 Å². The first-order chi connectivity index (χ1) is 8.25. The first kappa shape index (κ1) is 29.4. The Bertz CT molecular complexity index is 117. The summed E-state index contributed by atoms with van der Waals surface area (Å²) in [6.07, 6.45) is 9.90. The van der Waals surface area contributed by atoms with Crippen LogP contribution < -0.4 is 0 Å². The molecule has 0 fully saturated rings. The molecule has 0 aliphatic rings. The van der Waals surface area contributed by atoms with Crippen LogP contribution in [-0.4, -0.2) is 0 Å². The first-order valence-corrected chi connectivity index (χ1v) is 7.88. The van der Waals surface area contributed by atoms with E-state index in [-0.39, 0.29) is 42.1 Å². The monoisotopic (exact) mass is 644 g/mol. The molecule has 0 rings (SSSR count). The van der Waals surface area contributed by atoms with Gasteiger partial charge in [0.15, 0.2) is 0 Å². The van der Waals surface area contributed by atoms with Gasteiger partial charge in [-0.15, -0.1) is 0 Å². The summed E-state index contributed by atoms with van der Waals surface area (Å²) >= 11 is 0. The van der Waals surface area contributed by atoms with Crippen molar-refractivity contribution >= 4 is 0 Å². The zero-order valence-corrected chi connectivity index (χ0v) is 19.5. The van der Waals surface area contributed by atoms with Crippen LogP contribution in [0.15, 0.2) is 0 Å². The third-order valence-corrected chi connectivity index (χ3v) is 2.55. The number of rotatable bonds is 8. The van der Waals surface area contributed by atoms with E-state index in [1.165, 1.54) is 25.7 Å². The standard InChI is InChI=1S/2C9H19.2Pt/c2*1-8(2)6-5-7-9(3)4;;/h2*5,8-9H,6-7H2,1-4H3;;/q2*-1;;. The summed E-state index contributed by atoms with van der Waals surface area (Å²) in [6, 6.07) is 0. The second kappa shape index (κ2) is 20.4. The van der Waals surface area contributed by atoms with Gasteiger partial charge in [0.05, 0.1) is 0 Å². The summed E-state index contributed by atoms with van der Waals surface area (Å²) < 4.78 is 0. The molecule has 0 aromatic carbocycles. The van der Waals surface area contributed by atoms with Crippen molar-refractivity contribution < 1.29 is 42.1 Å². The fourth-order valence-electron chi connectivity index (χ4n) is 1.53. The van der Waals surface area contributed by atoms with E-state index >= 15 is 0 Å². The molecule has 0 aromatic heterocycles. The maximum absolute atomic E-state index is 2.40. The molecule has 0 saturated carbocycles. The van der Waals surface area contributed by atoms with Crippen molar-refractivity contribution in [3.63, 3.8) is 0 Å². The Morgan fingerprint density at radius 1 is 0.450 bits per heavy atom. The normalized spacial score (nSPS) is 10.2. The van der Waals surface area contributed by atoms with Crippen LogP contribution in [0.4, 0.5) is 0 Å². The van der Waals surface area contributed by atoms with Crippen molar-refractivity contribution in [3.8, 4) is 0 Å². The Labute approximate surface area is 159 Å². The van der Waals surface area contributed by atoms with Gasteiger partial charge in [-0.25, -0.2) is 0 Å². The van der Waals surface area contributed by atoms with Crippen LogP contribution in [0.1, 0.15) is 81.1 Å². The smallest absolute Gasteiger partial charge is 0 e. The van der Waals surface area contributed by atoms with Crippen LogP contribution in [0.5, 0.6) is 0 Å². The van der Waals surface area contributed by atoms with E-state index < -0.39 is 0 Å². The van der Waals surface area contributed by atoms with Crippen LogP contribution >= 0.6 is 0 Å². The van der Waals surface area contributed by atoms with Gasteiger partial charge in [0.1, 0.15) is 0 Å². The summed E-state index contributed by atoms with van der Waals surface area (Å²) in [5.41, 5.74) is 0. The predicted octanol–water partition coefficient (Wildman–Crippen LogP) is 6.56. The van der Waals surface area contributed by atoms with E-state index in [9.17, 15) is 0 Å². The molecule has 0 saturated heterocycles. The molecule has 0 amide bonds. The molecule has 0 N–H and O–H groups in total. The molecule has 0 atom stereocenters. The van der Waals surface area contributed by atoms with Crippen LogP contribution in [0.3, 0.4) is 0 Å². The first-order valence-electron chi connectivity index (χ1n) is 7.88. The minimum Gasteiger partial charge on any atom is -0.328 e. The zero-order chi connectivity index (χ0) is 14.6. The molecule has 0 spiro atoms. The summed E-state index contributed by atoms with van der Waals surface area (Å²) in [5, 5.41) is 0. The average Bonchev–Trinajstić information content (AvgIpc) is 2.15. The largest absolute Gasteiger partial charge is 0.328 e.